The zero-order valence-electron chi connectivity index (χ0n) is 10.8. The maximum atomic E-state index is 5.38. The average molecular weight is 246 g/mol. The third kappa shape index (κ3) is 2.18. The van der Waals surface area contributed by atoms with Gasteiger partial charge in [-0.1, -0.05) is 0 Å². The van der Waals surface area contributed by atoms with Gasteiger partial charge in [0.05, 0.1) is 5.69 Å². The lowest BCUT2D eigenvalue weighted by Crippen LogP contribution is -2.28. The predicted octanol–water partition coefficient (Wildman–Crippen LogP) is 1.94. The third-order valence-corrected chi connectivity index (χ3v) is 3.25. The van der Waals surface area contributed by atoms with Crippen molar-refractivity contribution in [2.45, 2.75) is 32.7 Å². The van der Waals surface area contributed by atoms with Gasteiger partial charge in [0, 0.05) is 37.1 Å². The Kier molecular flexibility index (Phi) is 2.91. The summed E-state index contributed by atoms with van der Waals surface area (Å²) in [6.07, 6.45) is 2.09. The van der Waals surface area contributed by atoms with Crippen LogP contribution in [0.2, 0.25) is 0 Å². The number of nitrogens with one attached hydrogen (secondary N) is 1. The molecule has 3 rings (SSSR count). The molecule has 0 amide bonds. The second kappa shape index (κ2) is 4.57. The summed E-state index contributed by atoms with van der Waals surface area (Å²) in [5, 5.41) is 8.04. The number of hydrogen-bond acceptors (Lipinski definition) is 4. The molecule has 2 aromatic rings. The maximum Gasteiger partial charge on any atom is 0.157 e. The van der Waals surface area contributed by atoms with E-state index in [1.807, 2.05) is 24.4 Å². The highest BCUT2D eigenvalue weighted by Crippen LogP contribution is 2.17. The first-order valence-corrected chi connectivity index (χ1v) is 6.41. The van der Waals surface area contributed by atoms with Crippen molar-refractivity contribution < 1.29 is 4.74 Å². The van der Waals surface area contributed by atoms with Crippen molar-refractivity contribution in [3.8, 4) is 0 Å². The maximum absolute atomic E-state index is 5.38. The Morgan fingerprint density at radius 2 is 2.00 bits per heavy atom. The molecule has 0 atom stereocenters. The average Bonchev–Trinajstić information content (AvgIpc) is 2.71. The van der Waals surface area contributed by atoms with Crippen LogP contribution in [0.25, 0.3) is 5.65 Å². The summed E-state index contributed by atoms with van der Waals surface area (Å²) in [6.45, 7) is 5.67. The molecule has 2 aromatic heterocycles. The first kappa shape index (κ1) is 11.5. The fraction of sp³-hybridized carbons (Fsp3) is 0.538. The molecule has 5 nitrogen and oxygen atoms in total. The van der Waals surface area contributed by atoms with Gasteiger partial charge in [-0.05, 0) is 26.7 Å². The van der Waals surface area contributed by atoms with Crippen molar-refractivity contribution in [1.29, 1.82) is 0 Å². The molecule has 1 N–H and O–H groups in total. The molecule has 0 bridgehead atoms. The lowest BCUT2D eigenvalue weighted by molar-refractivity contribution is 0.0903. The normalized spacial score (nSPS) is 17.2. The van der Waals surface area contributed by atoms with E-state index in [1.165, 1.54) is 0 Å². The molecule has 0 saturated carbocycles. The molecule has 0 unspecified atom stereocenters. The molecular formula is C13H18N4O. The Morgan fingerprint density at radius 3 is 2.78 bits per heavy atom. The molecule has 1 aliphatic rings. The summed E-state index contributed by atoms with van der Waals surface area (Å²) >= 11 is 0. The number of nitrogens with zero attached hydrogens (tertiary/aromatic N) is 3. The minimum Gasteiger partial charge on any atom is -0.381 e. The van der Waals surface area contributed by atoms with E-state index in [0.29, 0.717) is 6.04 Å². The summed E-state index contributed by atoms with van der Waals surface area (Å²) in [5.41, 5.74) is 2.90. The number of rotatable bonds is 2. The number of ether oxygens (including phenoxy) is 1. The minimum absolute atomic E-state index is 0.466. The van der Waals surface area contributed by atoms with E-state index >= 15 is 0 Å². The molecule has 0 spiro atoms. The highest BCUT2D eigenvalue weighted by atomic mass is 16.5. The van der Waals surface area contributed by atoms with Crippen molar-refractivity contribution in [2.75, 3.05) is 18.5 Å². The molecule has 96 valence electrons. The predicted molar refractivity (Wildman–Crippen MR) is 69.9 cm³/mol. The van der Waals surface area contributed by atoms with E-state index in [0.717, 1.165) is 48.9 Å². The summed E-state index contributed by atoms with van der Waals surface area (Å²) in [5.74, 6) is 1.03. The van der Waals surface area contributed by atoms with Crippen LogP contribution in [0.3, 0.4) is 0 Å². The van der Waals surface area contributed by atoms with Gasteiger partial charge in [-0.15, -0.1) is 0 Å². The molecule has 1 aliphatic heterocycles. The standard InChI is InChI=1S/C13H18N4O/c1-9-7-13(15-11-3-5-18-6-4-11)17-12(14-9)8-10(2)16-17/h7-8,11,15H,3-6H2,1-2H3. The van der Waals surface area contributed by atoms with Crippen LogP contribution in [-0.2, 0) is 4.74 Å². The summed E-state index contributed by atoms with van der Waals surface area (Å²) in [6, 6.07) is 4.52. The topological polar surface area (TPSA) is 51.5 Å². The Morgan fingerprint density at radius 1 is 1.22 bits per heavy atom. The van der Waals surface area contributed by atoms with Gasteiger partial charge in [0.25, 0.3) is 0 Å². The van der Waals surface area contributed by atoms with Crippen LogP contribution in [0.5, 0.6) is 0 Å². The van der Waals surface area contributed by atoms with Gasteiger partial charge in [-0.2, -0.15) is 9.61 Å². The Balaban J connectivity index is 1.94. The third-order valence-electron chi connectivity index (χ3n) is 3.25. The number of aryl methyl sites for hydroxylation is 2. The molecule has 3 heterocycles. The van der Waals surface area contributed by atoms with Gasteiger partial charge in [-0.3, -0.25) is 0 Å². The Bertz CT molecular complexity index is 557. The second-order valence-corrected chi connectivity index (χ2v) is 4.87. The van der Waals surface area contributed by atoms with Crippen LogP contribution in [0.4, 0.5) is 5.82 Å². The van der Waals surface area contributed by atoms with Crippen molar-refractivity contribution >= 4 is 11.5 Å². The van der Waals surface area contributed by atoms with Crippen molar-refractivity contribution in [3.63, 3.8) is 0 Å². The molecule has 0 radical (unpaired) electrons. The highest BCUT2D eigenvalue weighted by molar-refractivity contribution is 5.50. The minimum atomic E-state index is 0.466. The van der Waals surface area contributed by atoms with Crippen LogP contribution in [0, 0.1) is 13.8 Å². The summed E-state index contributed by atoms with van der Waals surface area (Å²) in [7, 11) is 0. The van der Waals surface area contributed by atoms with Gasteiger partial charge < -0.3 is 10.1 Å². The highest BCUT2D eigenvalue weighted by Gasteiger charge is 2.15. The molecule has 18 heavy (non-hydrogen) atoms. The smallest absolute Gasteiger partial charge is 0.157 e. The fourth-order valence-electron chi connectivity index (χ4n) is 2.37. The van der Waals surface area contributed by atoms with E-state index in [9.17, 15) is 0 Å². The zero-order chi connectivity index (χ0) is 12.5. The van der Waals surface area contributed by atoms with Crippen molar-refractivity contribution in [2.24, 2.45) is 0 Å². The van der Waals surface area contributed by atoms with Gasteiger partial charge in [-0.25, -0.2) is 4.98 Å². The van der Waals surface area contributed by atoms with Crippen molar-refractivity contribution in [1.82, 2.24) is 14.6 Å². The zero-order valence-corrected chi connectivity index (χ0v) is 10.8. The van der Waals surface area contributed by atoms with Crippen LogP contribution in [0.15, 0.2) is 12.1 Å². The van der Waals surface area contributed by atoms with Crippen LogP contribution in [0.1, 0.15) is 24.2 Å². The lowest BCUT2D eigenvalue weighted by Gasteiger charge is -2.24. The Hall–Kier alpha value is -1.62. The van der Waals surface area contributed by atoms with Gasteiger partial charge in [0.2, 0.25) is 0 Å². The number of hydrogen-bond donors (Lipinski definition) is 1. The van der Waals surface area contributed by atoms with Crippen LogP contribution in [-0.4, -0.2) is 33.9 Å². The summed E-state index contributed by atoms with van der Waals surface area (Å²) in [4.78, 5) is 4.49. The fourth-order valence-corrected chi connectivity index (χ4v) is 2.37. The van der Waals surface area contributed by atoms with E-state index in [-0.39, 0.29) is 0 Å². The summed E-state index contributed by atoms with van der Waals surface area (Å²) < 4.78 is 7.26. The second-order valence-electron chi connectivity index (χ2n) is 4.87. The number of fused-ring (bicyclic) bond motifs is 1. The van der Waals surface area contributed by atoms with E-state index in [2.05, 4.69) is 21.5 Å². The largest absolute Gasteiger partial charge is 0.381 e. The molecule has 0 aliphatic carbocycles. The molecule has 1 saturated heterocycles. The number of aromatic nitrogens is 3. The van der Waals surface area contributed by atoms with Crippen LogP contribution >= 0.6 is 0 Å². The van der Waals surface area contributed by atoms with E-state index in [4.69, 9.17) is 4.74 Å². The van der Waals surface area contributed by atoms with Crippen molar-refractivity contribution in [3.05, 3.63) is 23.5 Å². The molecule has 5 heteroatoms. The van der Waals surface area contributed by atoms with E-state index in [1.54, 1.807) is 0 Å². The molecule has 0 aromatic carbocycles. The Labute approximate surface area is 106 Å². The molecular weight excluding hydrogens is 228 g/mol. The first-order valence-electron chi connectivity index (χ1n) is 6.41. The lowest BCUT2D eigenvalue weighted by atomic mass is 10.1. The first-order chi connectivity index (χ1) is 8.72. The monoisotopic (exact) mass is 246 g/mol. The van der Waals surface area contributed by atoms with E-state index < -0.39 is 0 Å². The SMILES string of the molecule is Cc1cc(NC2CCOCC2)n2nc(C)cc2n1. The van der Waals surface area contributed by atoms with Gasteiger partial charge >= 0.3 is 0 Å². The van der Waals surface area contributed by atoms with Gasteiger partial charge in [0.15, 0.2) is 5.65 Å². The number of anilines is 1. The van der Waals surface area contributed by atoms with Crippen LogP contribution < -0.4 is 5.32 Å². The molecule has 1 fully saturated rings. The quantitative estimate of drug-likeness (QED) is 0.879. The van der Waals surface area contributed by atoms with Gasteiger partial charge in [0.1, 0.15) is 5.82 Å².